The predicted octanol–water partition coefficient (Wildman–Crippen LogP) is 6.58. The van der Waals surface area contributed by atoms with Gasteiger partial charge in [-0.15, -0.1) is 0 Å². The third-order valence-corrected chi connectivity index (χ3v) is 6.09. The van der Waals surface area contributed by atoms with E-state index in [0.717, 1.165) is 0 Å². The highest BCUT2D eigenvalue weighted by Gasteiger charge is 2.22. The predicted molar refractivity (Wildman–Crippen MR) is 146 cm³/mol. The minimum Gasteiger partial charge on any atom is -0.506 e. The summed E-state index contributed by atoms with van der Waals surface area (Å²) in [6.07, 6.45) is 1.21. The molecule has 0 aliphatic rings. The van der Waals surface area contributed by atoms with Crippen molar-refractivity contribution in [3.63, 3.8) is 0 Å². The highest BCUT2D eigenvalue weighted by Crippen LogP contribution is 2.38. The van der Waals surface area contributed by atoms with Crippen molar-refractivity contribution >= 4 is 66.7 Å². The number of nitrogen functional groups attached to an aromatic ring is 1. The quantitative estimate of drug-likeness (QED) is 0.128. The number of ether oxygens (including phenoxy) is 1. The summed E-state index contributed by atoms with van der Waals surface area (Å²) in [4.78, 5) is 36.4. The zero-order chi connectivity index (χ0) is 26.2. The van der Waals surface area contributed by atoms with E-state index in [1.807, 2.05) is 0 Å². The molecule has 0 heterocycles. The molecule has 8 nitrogen and oxygen atoms in total. The first-order valence-corrected chi connectivity index (χ1v) is 12.3. The normalized spacial score (nSPS) is 11.6. The average Bonchev–Trinajstić information content (AvgIpc) is 2.82. The van der Waals surface area contributed by atoms with E-state index >= 15 is 0 Å². The van der Waals surface area contributed by atoms with Gasteiger partial charge < -0.3 is 20.9 Å². The Hall–Kier alpha value is -3.63. The molecule has 0 aliphatic carbocycles. The topological polar surface area (TPSA) is 131 Å². The number of hydrogen-bond acceptors (Lipinski definition) is 6. The molecule has 0 saturated heterocycles. The van der Waals surface area contributed by atoms with Crippen LogP contribution in [0.15, 0.2) is 81.8 Å². The number of phenolic OH excluding ortho intramolecular Hbond substituents is 1. The SMILES string of the molecule is CC(=O)c1ccc(NC(=O)O[C@H](C/C=C/C(=O)Nc2ccccc2N)c2cc(Br)cc(Br)c2O)cc1. The highest BCUT2D eigenvalue weighted by atomic mass is 79.9. The van der Waals surface area contributed by atoms with Gasteiger partial charge in [0.1, 0.15) is 11.9 Å². The first-order chi connectivity index (χ1) is 17.1. The zero-order valence-corrected chi connectivity index (χ0v) is 22.3. The van der Waals surface area contributed by atoms with Crippen LogP contribution in [0.5, 0.6) is 5.75 Å². The van der Waals surface area contributed by atoms with E-state index < -0.39 is 18.1 Å². The van der Waals surface area contributed by atoms with Crippen molar-refractivity contribution in [2.24, 2.45) is 0 Å². The van der Waals surface area contributed by atoms with Gasteiger partial charge in [-0.25, -0.2) is 4.79 Å². The lowest BCUT2D eigenvalue weighted by Gasteiger charge is -2.19. The Bertz CT molecular complexity index is 1310. The van der Waals surface area contributed by atoms with Crippen molar-refractivity contribution in [1.82, 2.24) is 0 Å². The van der Waals surface area contributed by atoms with Crippen LogP contribution in [-0.2, 0) is 9.53 Å². The number of nitrogens with one attached hydrogen (secondary N) is 2. The molecule has 2 amide bonds. The number of aromatic hydroxyl groups is 1. The maximum absolute atomic E-state index is 12.6. The third-order valence-electron chi connectivity index (χ3n) is 5.03. The molecule has 186 valence electrons. The van der Waals surface area contributed by atoms with Gasteiger partial charge in [-0.05, 0) is 77.5 Å². The fourth-order valence-corrected chi connectivity index (χ4v) is 4.48. The molecule has 0 spiro atoms. The maximum Gasteiger partial charge on any atom is 0.412 e. The molecule has 3 rings (SSSR count). The Balaban J connectivity index is 1.75. The number of phenols is 1. The van der Waals surface area contributed by atoms with Gasteiger partial charge >= 0.3 is 6.09 Å². The maximum atomic E-state index is 12.6. The lowest BCUT2D eigenvalue weighted by molar-refractivity contribution is -0.111. The number of nitrogens with two attached hydrogens (primary N) is 1. The summed E-state index contributed by atoms with van der Waals surface area (Å²) in [6, 6.07) is 16.5. The molecule has 1 atom stereocenters. The molecule has 0 fully saturated rings. The molecule has 5 N–H and O–H groups in total. The molecule has 0 bridgehead atoms. The number of rotatable bonds is 8. The van der Waals surface area contributed by atoms with Crippen LogP contribution in [0.3, 0.4) is 0 Å². The van der Waals surface area contributed by atoms with Gasteiger partial charge in [0.25, 0.3) is 0 Å². The smallest absolute Gasteiger partial charge is 0.412 e. The van der Waals surface area contributed by atoms with E-state index in [0.29, 0.717) is 37.1 Å². The van der Waals surface area contributed by atoms with Gasteiger partial charge in [0, 0.05) is 27.7 Å². The monoisotopic (exact) mass is 615 g/mol. The molecule has 0 aliphatic heterocycles. The van der Waals surface area contributed by atoms with E-state index in [9.17, 15) is 19.5 Å². The standard InChI is InChI=1S/C26H23Br2N3O5/c1-15(32)16-9-11-18(12-10-16)30-26(35)36-23(19-13-17(27)14-20(28)25(19)34)7-4-8-24(33)31-22-6-3-2-5-21(22)29/h2-6,8-14,23,34H,7,29H2,1H3,(H,30,35)(H,31,33)/b8-4+/t23-/m1/s1. The second kappa shape index (κ2) is 12.4. The van der Waals surface area contributed by atoms with E-state index in [-0.39, 0.29) is 18.0 Å². The van der Waals surface area contributed by atoms with Crippen molar-refractivity contribution in [3.05, 3.63) is 92.9 Å². The van der Waals surface area contributed by atoms with Crippen molar-refractivity contribution < 1.29 is 24.2 Å². The highest BCUT2D eigenvalue weighted by molar-refractivity contribution is 9.11. The van der Waals surface area contributed by atoms with Gasteiger partial charge in [0.05, 0.1) is 15.8 Å². The fraction of sp³-hybridized carbons (Fsp3) is 0.115. The summed E-state index contributed by atoms with van der Waals surface area (Å²) in [7, 11) is 0. The molecule has 0 aromatic heterocycles. The molecule has 3 aromatic rings. The number of para-hydroxylation sites is 2. The fourth-order valence-electron chi connectivity index (χ4n) is 3.22. The van der Waals surface area contributed by atoms with Gasteiger partial charge in [-0.2, -0.15) is 0 Å². The molecular weight excluding hydrogens is 594 g/mol. The van der Waals surface area contributed by atoms with Crippen LogP contribution in [0.1, 0.15) is 35.4 Å². The second-order valence-corrected chi connectivity index (χ2v) is 9.46. The Morgan fingerprint density at radius 2 is 1.75 bits per heavy atom. The lowest BCUT2D eigenvalue weighted by atomic mass is 10.0. The van der Waals surface area contributed by atoms with Crippen LogP contribution in [0.2, 0.25) is 0 Å². The molecule has 0 radical (unpaired) electrons. The number of Topliss-reactive ketones (excluding diaryl/α,β-unsaturated/α-hetero) is 1. The Morgan fingerprint density at radius 1 is 1.06 bits per heavy atom. The van der Waals surface area contributed by atoms with E-state index in [1.165, 1.54) is 19.1 Å². The van der Waals surface area contributed by atoms with Crippen LogP contribution in [0.25, 0.3) is 0 Å². The number of carbonyl (C=O) groups is 3. The third kappa shape index (κ3) is 7.43. The molecule has 0 unspecified atom stereocenters. The first-order valence-electron chi connectivity index (χ1n) is 10.7. The minimum absolute atomic E-state index is 0.0881. The molecule has 3 aromatic carbocycles. The van der Waals surface area contributed by atoms with E-state index in [2.05, 4.69) is 42.5 Å². The lowest BCUT2D eigenvalue weighted by Crippen LogP contribution is -2.18. The summed E-state index contributed by atoms with van der Waals surface area (Å²) in [5.74, 6) is -0.608. The number of ketones is 1. The Kier molecular flexibility index (Phi) is 9.26. The van der Waals surface area contributed by atoms with Gasteiger partial charge in [-0.3, -0.25) is 14.9 Å². The van der Waals surface area contributed by atoms with Crippen LogP contribution >= 0.6 is 31.9 Å². The number of anilines is 3. The van der Waals surface area contributed by atoms with Crippen LogP contribution in [0, 0.1) is 0 Å². The molecule has 36 heavy (non-hydrogen) atoms. The minimum atomic E-state index is -0.930. The van der Waals surface area contributed by atoms with Crippen LogP contribution in [-0.4, -0.2) is 22.9 Å². The second-order valence-electron chi connectivity index (χ2n) is 7.69. The zero-order valence-electron chi connectivity index (χ0n) is 19.1. The van der Waals surface area contributed by atoms with Crippen LogP contribution in [0.4, 0.5) is 21.9 Å². The molecular formula is C26H23Br2N3O5. The van der Waals surface area contributed by atoms with Crippen molar-refractivity contribution in [2.45, 2.75) is 19.4 Å². The van der Waals surface area contributed by atoms with Crippen molar-refractivity contribution in [2.75, 3.05) is 16.4 Å². The van der Waals surface area contributed by atoms with E-state index in [4.69, 9.17) is 10.5 Å². The van der Waals surface area contributed by atoms with Crippen LogP contribution < -0.4 is 16.4 Å². The number of amides is 2. The first kappa shape index (κ1) is 27.0. The van der Waals surface area contributed by atoms with Gasteiger partial charge in [0.15, 0.2) is 5.78 Å². The van der Waals surface area contributed by atoms with Crippen molar-refractivity contribution in [3.8, 4) is 5.75 Å². The number of hydrogen-bond donors (Lipinski definition) is 4. The number of carbonyl (C=O) groups excluding carboxylic acids is 3. The molecule has 0 saturated carbocycles. The van der Waals surface area contributed by atoms with Gasteiger partial charge in [-0.1, -0.05) is 34.1 Å². The van der Waals surface area contributed by atoms with E-state index in [1.54, 1.807) is 60.7 Å². The summed E-state index contributed by atoms with van der Waals surface area (Å²) in [5.41, 5.74) is 8.02. The van der Waals surface area contributed by atoms with Gasteiger partial charge in [0.2, 0.25) is 5.91 Å². The summed E-state index contributed by atoms with van der Waals surface area (Å²) in [5, 5.41) is 15.9. The Morgan fingerprint density at radius 3 is 2.42 bits per heavy atom. The largest absolute Gasteiger partial charge is 0.506 e. The number of benzene rings is 3. The number of halogens is 2. The van der Waals surface area contributed by atoms with Crippen molar-refractivity contribution in [1.29, 1.82) is 0 Å². The summed E-state index contributed by atoms with van der Waals surface area (Å²) in [6.45, 7) is 1.45. The summed E-state index contributed by atoms with van der Waals surface area (Å²) < 4.78 is 6.66. The Labute approximate surface area is 224 Å². The molecule has 10 heteroatoms. The average molecular weight is 617 g/mol. The summed E-state index contributed by atoms with van der Waals surface area (Å²) >= 11 is 6.65.